The molecule has 1 unspecified atom stereocenters. The fourth-order valence-electron chi connectivity index (χ4n) is 3.74. The molecule has 4 rings (SSSR count). The molecule has 1 amide bonds. The zero-order valence-electron chi connectivity index (χ0n) is 15.5. The first-order valence-electron chi connectivity index (χ1n) is 8.78. The Kier molecular flexibility index (Phi) is 4.05. The minimum Gasteiger partial charge on any atom is -0.336 e. The molecule has 0 saturated carbocycles. The van der Waals surface area contributed by atoms with Crippen LogP contribution in [0.5, 0.6) is 0 Å². The summed E-state index contributed by atoms with van der Waals surface area (Å²) < 4.78 is 16.6. The Morgan fingerprint density at radius 3 is 2.81 bits per heavy atom. The summed E-state index contributed by atoms with van der Waals surface area (Å²) in [7, 11) is 1.89. The Morgan fingerprint density at radius 2 is 2.11 bits per heavy atom. The third kappa shape index (κ3) is 3.22. The fourth-order valence-corrected chi connectivity index (χ4v) is 3.74. The maximum Gasteiger partial charge on any atom is 0.274 e. The van der Waals surface area contributed by atoms with Gasteiger partial charge in [0.1, 0.15) is 5.82 Å². The second kappa shape index (κ2) is 6.29. The van der Waals surface area contributed by atoms with E-state index in [9.17, 15) is 9.18 Å². The molecule has 0 radical (unpaired) electrons. The Bertz CT molecular complexity index is 992. The maximum atomic E-state index is 13.4. The average Bonchev–Trinajstić information content (AvgIpc) is 3.32. The van der Waals surface area contributed by atoms with Crippen LogP contribution >= 0.6 is 0 Å². The molecule has 1 saturated heterocycles. The molecule has 4 heterocycles. The molecule has 1 aliphatic rings. The molecular weight excluding hydrogens is 347 g/mol. The number of pyridine rings is 1. The Labute approximate surface area is 156 Å². The van der Waals surface area contributed by atoms with Crippen molar-refractivity contribution in [2.24, 2.45) is 12.5 Å². The van der Waals surface area contributed by atoms with Crippen LogP contribution < -0.4 is 0 Å². The summed E-state index contributed by atoms with van der Waals surface area (Å²) in [5, 5.41) is 8.58. The molecule has 1 atom stereocenters. The highest BCUT2D eigenvalue weighted by Crippen LogP contribution is 2.42. The van der Waals surface area contributed by atoms with Crippen LogP contribution in [0, 0.1) is 11.2 Å². The number of hydrogen-bond acceptors (Lipinski definition) is 4. The highest BCUT2D eigenvalue weighted by Gasteiger charge is 2.43. The van der Waals surface area contributed by atoms with E-state index in [1.165, 1.54) is 16.9 Å². The molecular formula is C19H21FN6O. The highest BCUT2D eigenvalue weighted by molar-refractivity contribution is 5.92. The van der Waals surface area contributed by atoms with Crippen LogP contribution in [0.3, 0.4) is 0 Å². The Hall–Kier alpha value is -3.03. The van der Waals surface area contributed by atoms with Crippen molar-refractivity contribution in [3.05, 3.63) is 60.2 Å². The lowest BCUT2D eigenvalue weighted by atomic mass is 9.79. The lowest BCUT2D eigenvalue weighted by Crippen LogP contribution is -2.30. The van der Waals surface area contributed by atoms with Gasteiger partial charge in [-0.1, -0.05) is 13.8 Å². The minimum atomic E-state index is -0.448. The molecule has 8 heteroatoms. The number of amides is 1. The molecule has 3 aromatic rings. The lowest BCUT2D eigenvalue weighted by Gasteiger charge is -2.24. The van der Waals surface area contributed by atoms with E-state index in [0.29, 0.717) is 24.5 Å². The zero-order chi connectivity index (χ0) is 19.2. The Morgan fingerprint density at radius 1 is 1.30 bits per heavy atom. The largest absolute Gasteiger partial charge is 0.336 e. The predicted molar refractivity (Wildman–Crippen MR) is 97.0 cm³/mol. The number of carbonyl (C=O) groups excluding carboxylic acids is 1. The molecule has 0 bridgehead atoms. The van der Waals surface area contributed by atoms with Crippen LogP contribution in [0.1, 0.15) is 35.8 Å². The number of nitrogens with zero attached hydrogens (tertiary/aromatic N) is 6. The summed E-state index contributed by atoms with van der Waals surface area (Å²) in [5.41, 5.74) is 1.88. The van der Waals surface area contributed by atoms with Crippen molar-refractivity contribution in [3.63, 3.8) is 0 Å². The molecule has 0 N–H and O–H groups in total. The highest BCUT2D eigenvalue weighted by atomic mass is 19.1. The summed E-state index contributed by atoms with van der Waals surface area (Å²) in [6, 6.07) is 2.98. The van der Waals surface area contributed by atoms with E-state index in [2.05, 4.69) is 29.0 Å². The van der Waals surface area contributed by atoms with E-state index >= 15 is 0 Å². The summed E-state index contributed by atoms with van der Waals surface area (Å²) in [4.78, 5) is 18.6. The predicted octanol–water partition coefficient (Wildman–Crippen LogP) is 2.41. The molecule has 0 aliphatic carbocycles. The van der Waals surface area contributed by atoms with E-state index in [1.807, 2.05) is 24.3 Å². The second-order valence-electron chi connectivity index (χ2n) is 7.68. The van der Waals surface area contributed by atoms with Crippen molar-refractivity contribution in [3.8, 4) is 5.69 Å². The van der Waals surface area contributed by atoms with Gasteiger partial charge < -0.3 is 4.90 Å². The molecule has 7 nitrogen and oxygen atoms in total. The SMILES string of the molecule is Cn1cc(C2CN(C(=O)c3ccn(-c4cncc(F)c4)n3)CC2(C)C)cn1. The monoisotopic (exact) mass is 368 g/mol. The van der Waals surface area contributed by atoms with Crippen LogP contribution in [0.4, 0.5) is 4.39 Å². The summed E-state index contributed by atoms with van der Waals surface area (Å²) in [6.07, 6.45) is 8.15. The van der Waals surface area contributed by atoms with E-state index < -0.39 is 5.82 Å². The van der Waals surface area contributed by atoms with E-state index in [1.54, 1.807) is 16.9 Å². The first kappa shape index (κ1) is 17.4. The first-order valence-corrected chi connectivity index (χ1v) is 8.78. The van der Waals surface area contributed by atoms with Crippen LogP contribution in [0.25, 0.3) is 5.69 Å². The normalized spacial score (nSPS) is 18.8. The number of rotatable bonds is 3. The van der Waals surface area contributed by atoms with Crippen molar-refractivity contribution in [2.75, 3.05) is 13.1 Å². The van der Waals surface area contributed by atoms with Gasteiger partial charge in [0.25, 0.3) is 5.91 Å². The maximum absolute atomic E-state index is 13.4. The molecule has 140 valence electrons. The second-order valence-corrected chi connectivity index (χ2v) is 7.68. The van der Waals surface area contributed by atoms with Crippen LogP contribution in [-0.2, 0) is 7.05 Å². The number of hydrogen-bond donors (Lipinski definition) is 0. The van der Waals surface area contributed by atoms with E-state index in [4.69, 9.17) is 0 Å². The molecule has 1 aliphatic heterocycles. The van der Waals surface area contributed by atoms with Gasteiger partial charge in [0.05, 0.1) is 24.3 Å². The quantitative estimate of drug-likeness (QED) is 0.712. The van der Waals surface area contributed by atoms with Gasteiger partial charge in [0.15, 0.2) is 5.69 Å². The molecule has 1 fully saturated rings. The standard InChI is InChI=1S/C19H21FN6O/c1-19(2)12-25(11-16(19)13-7-22-24(3)10-13)18(27)17-4-5-26(23-17)15-6-14(20)8-21-9-15/h4-10,16H,11-12H2,1-3H3. The summed E-state index contributed by atoms with van der Waals surface area (Å²) >= 11 is 0. The van der Waals surface area contributed by atoms with Crippen LogP contribution in [0.2, 0.25) is 0 Å². The number of likely N-dealkylation sites (tertiary alicyclic amines) is 1. The van der Waals surface area contributed by atoms with Gasteiger partial charge >= 0.3 is 0 Å². The van der Waals surface area contributed by atoms with E-state index in [0.717, 1.165) is 11.8 Å². The third-order valence-electron chi connectivity index (χ3n) is 5.12. The molecule has 27 heavy (non-hydrogen) atoms. The Balaban J connectivity index is 1.55. The van der Waals surface area contributed by atoms with E-state index in [-0.39, 0.29) is 17.2 Å². The van der Waals surface area contributed by atoms with Crippen molar-refractivity contribution in [1.82, 2.24) is 29.4 Å². The number of carbonyl (C=O) groups is 1. The van der Waals surface area contributed by atoms with Gasteiger partial charge in [0, 0.05) is 44.5 Å². The van der Waals surface area contributed by atoms with Crippen molar-refractivity contribution < 1.29 is 9.18 Å². The van der Waals surface area contributed by atoms with Gasteiger partial charge in [-0.15, -0.1) is 0 Å². The van der Waals surface area contributed by atoms with Crippen LogP contribution in [0.15, 0.2) is 43.1 Å². The van der Waals surface area contributed by atoms with Crippen molar-refractivity contribution in [2.45, 2.75) is 19.8 Å². The molecule has 3 aromatic heterocycles. The van der Waals surface area contributed by atoms with Gasteiger partial charge in [-0.25, -0.2) is 9.07 Å². The zero-order valence-corrected chi connectivity index (χ0v) is 15.5. The fraction of sp³-hybridized carbons (Fsp3) is 0.368. The lowest BCUT2D eigenvalue weighted by molar-refractivity contribution is 0.0771. The average molecular weight is 368 g/mol. The number of halogens is 1. The number of aromatic nitrogens is 5. The topological polar surface area (TPSA) is 68.8 Å². The van der Waals surface area contributed by atoms with Gasteiger partial charge in [0.2, 0.25) is 0 Å². The smallest absolute Gasteiger partial charge is 0.274 e. The minimum absolute atomic E-state index is 0.0618. The molecule has 0 spiro atoms. The third-order valence-corrected chi connectivity index (χ3v) is 5.12. The first-order chi connectivity index (χ1) is 12.8. The van der Waals surface area contributed by atoms with Crippen molar-refractivity contribution in [1.29, 1.82) is 0 Å². The van der Waals surface area contributed by atoms with Gasteiger partial charge in [-0.2, -0.15) is 10.2 Å². The number of aryl methyl sites for hydroxylation is 1. The summed E-state index contributed by atoms with van der Waals surface area (Å²) in [5.74, 6) is -0.362. The van der Waals surface area contributed by atoms with Crippen molar-refractivity contribution >= 4 is 5.91 Å². The van der Waals surface area contributed by atoms with Crippen LogP contribution in [-0.4, -0.2) is 48.4 Å². The van der Waals surface area contributed by atoms with Gasteiger partial charge in [-0.3, -0.25) is 14.5 Å². The van der Waals surface area contributed by atoms with Gasteiger partial charge in [-0.05, 0) is 17.0 Å². The molecule has 0 aromatic carbocycles. The summed E-state index contributed by atoms with van der Waals surface area (Å²) in [6.45, 7) is 5.58.